The van der Waals surface area contributed by atoms with Gasteiger partial charge in [0.25, 0.3) is 0 Å². The second-order valence-corrected chi connectivity index (χ2v) is 2.21. The van der Waals surface area contributed by atoms with Gasteiger partial charge in [-0.2, -0.15) is 0 Å². The summed E-state index contributed by atoms with van der Waals surface area (Å²) in [4.78, 5) is 0. The molecule has 0 saturated heterocycles. The van der Waals surface area contributed by atoms with Gasteiger partial charge < -0.3 is 19.9 Å². The molecule has 2 N–H and O–H groups in total. The van der Waals surface area contributed by atoms with Crippen molar-refractivity contribution in [2.24, 2.45) is 5.73 Å². The lowest BCUT2D eigenvalue weighted by Gasteiger charge is -2.04. The fraction of sp³-hybridized carbons (Fsp3) is 1.00. The number of rotatable bonds is 9. The predicted octanol–water partition coefficient (Wildman–Crippen LogP) is 0.261. The van der Waals surface area contributed by atoms with E-state index in [0.717, 1.165) is 6.61 Å². The third-order valence-electron chi connectivity index (χ3n) is 1.21. The topological polar surface area (TPSA) is 53.7 Å². The summed E-state index contributed by atoms with van der Waals surface area (Å²) in [6.07, 6.45) is 0. The summed E-state index contributed by atoms with van der Waals surface area (Å²) in [5.74, 6) is 0. The van der Waals surface area contributed by atoms with Gasteiger partial charge in [0.2, 0.25) is 0 Å². The van der Waals surface area contributed by atoms with Crippen LogP contribution < -0.4 is 5.73 Å². The van der Waals surface area contributed by atoms with Crippen LogP contribution in [0, 0.1) is 0 Å². The maximum Gasteiger partial charge on any atom is 0.0701 e. The van der Waals surface area contributed by atoms with E-state index in [1.807, 2.05) is 6.92 Å². The molecule has 0 unspecified atom stereocenters. The Bertz CT molecular complexity index is 75.8. The smallest absolute Gasteiger partial charge is 0.0701 e. The number of ether oxygens (including phenoxy) is 3. The molecule has 12 heavy (non-hydrogen) atoms. The van der Waals surface area contributed by atoms with Gasteiger partial charge in [-0.05, 0) is 6.92 Å². The van der Waals surface area contributed by atoms with Crippen LogP contribution in [0.15, 0.2) is 0 Å². The summed E-state index contributed by atoms with van der Waals surface area (Å²) < 4.78 is 15.4. The molecular formula is C8H21NO3. The molecular weight excluding hydrogens is 158 g/mol. The first-order valence-electron chi connectivity index (χ1n) is 4.35. The molecule has 0 heterocycles. The first-order valence-corrected chi connectivity index (χ1v) is 4.35. The van der Waals surface area contributed by atoms with Crippen molar-refractivity contribution in [2.75, 3.05) is 46.2 Å². The monoisotopic (exact) mass is 179 g/mol. The van der Waals surface area contributed by atoms with E-state index >= 15 is 0 Å². The lowest BCUT2D eigenvalue weighted by molar-refractivity contribution is 0.0185. The first kappa shape index (κ1) is 11.8. The maximum absolute atomic E-state index is 5.22. The highest BCUT2D eigenvalue weighted by molar-refractivity contribution is 4.33. The first-order chi connectivity index (χ1) is 5.91. The van der Waals surface area contributed by atoms with Crippen molar-refractivity contribution in [3.8, 4) is 0 Å². The molecule has 76 valence electrons. The third-order valence-corrected chi connectivity index (χ3v) is 1.21. The van der Waals surface area contributed by atoms with Crippen LogP contribution in [0.5, 0.6) is 0 Å². The van der Waals surface area contributed by atoms with Gasteiger partial charge >= 0.3 is 0 Å². The summed E-state index contributed by atoms with van der Waals surface area (Å²) in [7, 11) is 0. The van der Waals surface area contributed by atoms with Crippen LogP contribution >= 0.6 is 0 Å². The van der Waals surface area contributed by atoms with Crippen LogP contribution in [0.4, 0.5) is 0 Å². The van der Waals surface area contributed by atoms with Crippen molar-refractivity contribution in [3.05, 3.63) is 0 Å². The average molecular weight is 179 g/mol. The largest absolute Gasteiger partial charge is 0.379 e. The Hall–Kier alpha value is -0.160. The minimum Gasteiger partial charge on any atom is -0.379 e. The highest BCUT2D eigenvalue weighted by atomic mass is 16.5. The fourth-order valence-electron chi connectivity index (χ4n) is 0.667. The van der Waals surface area contributed by atoms with Crippen LogP contribution in [0.1, 0.15) is 8.35 Å². The Morgan fingerprint density at radius 2 is 1.42 bits per heavy atom. The van der Waals surface area contributed by atoms with E-state index in [2.05, 4.69) is 0 Å². The predicted molar refractivity (Wildman–Crippen MR) is 49.3 cm³/mol. The van der Waals surface area contributed by atoms with E-state index in [-0.39, 0.29) is 1.43 Å². The van der Waals surface area contributed by atoms with Crippen LogP contribution in [0.3, 0.4) is 0 Å². The molecule has 0 aromatic carbocycles. The van der Waals surface area contributed by atoms with Crippen molar-refractivity contribution < 1.29 is 15.6 Å². The van der Waals surface area contributed by atoms with Crippen molar-refractivity contribution >= 4 is 0 Å². The Kier molecular flexibility index (Phi) is 10.7. The van der Waals surface area contributed by atoms with E-state index in [1.165, 1.54) is 0 Å². The van der Waals surface area contributed by atoms with Crippen LogP contribution in [0.2, 0.25) is 0 Å². The van der Waals surface area contributed by atoms with Crippen molar-refractivity contribution in [1.82, 2.24) is 0 Å². The van der Waals surface area contributed by atoms with E-state index < -0.39 is 0 Å². The normalized spacial score (nSPS) is 10.5. The lowest BCUT2D eigenvalue weighted by Crippen LogP contribution is -2.13. The third kappa shape index (κ3) is 9.84. The van der Waals surface area contributed by atoms with E-state index in [0.29, 0.717) is 39.6 Å². The molecule has 0 aliphatic rings. The molecule has 0 rings (SSSR count). The molecule has 0 aliphatic heterocycles. The average Bonchev–Trinajstić information content (AvgIpc) is 2.10. The van der Waals surface area contributed by atoms with E-state index in [1.54, 1.807) is 0 Å². The van der Waals surface area contributed by atoms with Gasteiger partial charge in [0.05, 0.1) is 33.0 Å². The second-order valence-electron chi connectivity index (χ2n) is 2.21. The molecule has 0 saturated carbocycles. The van der Waals surface area contributed by atoms with Crippen molar-refractivity contribution in [2.45, 2.75) is 6.92 Å². The zero-order valence-electron chi connectivity index (χ0n) is 7.75. The number of hydrogen-bond donors (Lipinski definition) is 1. The summed E-state index contributed by atoms with van der Waals surface area (Å²) in [5, 5.41) is 0. The maximum atomic E-state index is 5.22. The van der Waals surface area contributed by atoms with Crippen molar-refractivity contribution in [1.29, 1.82) is 0 Å². The number of hydrogen-bond acceptors (Lipinski definition) is 4. The molecule has 0 bridgehead atoms. The van der Waals surface area contributed by atoms with Crippen molar-refractivity contribution in [3.63, 3.8) is 0 Å². The molecule has 0 radical (unpaired) electrons. The van der Waals surface area contributed by atoms with Gasteiger partial charge in [-0.1, -0.05) is 0 Å². The quantitative estimate of drug-likeness (QED) is 0.516. The SMILES string of the molecule is CCOCCOCCOCCN.[HH]. The Balaban J connectivity index is 0. The minimum absolute atomic E-state index is 0. The van der Waals surface area contributed by atoms with Crippen LogP contribution in [0.25, 0.3) is 0 Å². The summed E-state index contributed by atoms with van der Waals surface area (Å²) >= 11 is 0. The molecule has 0 aromatic rings. The van der Waals surface area contributed by atoms with Gasteiger partial charge in [0.15, 0.2) is 0 Å². The lowest BCUT2D eigenvalue weighted by atomic mass is 10.7. The van der Waals surface area contributed by atoms with Gasteiger partial charge in [0.1, 0.15) is 0 Å². The van der Waals surface area contributed by atoms with Crippen LogP contribution in [-0.4, -0.2) is 46.2 Å². The standard InChI is InChI=1S/C8H19NO3.H2/c1-2-10-5-6-12-8-7-11-4-3-9;/h2-9H2,1H3;1H. The Morgan fingerprint density at radius 1 is 0.917 bits per heavy atom. The molecule has 0 spiro atoms. The van der Waals surface area contributed by atoms with E-state index in [4.69, 9.17) is 19.9 Å². The molecule has 4 heteroatoms. The Labute approximate surface area is 75.5 Å². The molecule has 0 atom stereocenters. The van der Waals surface area contributed by atoms with Gasteiger partial charge in [-0.15, -0.1) is 0 Å². The Morgan fingerprint density at radius 3 is 1.92 bits per heavy atom. The summed E-state index contributed by atoms with van der Waals surface area (Å²) in [6.45, 7) is 6.41. The van der Waals surface area contributed by atoms with E-state index in [9.17, 15) is 0 Å². The molecule has 0 fully saturated rings. The van der Waals surface area contributed by atoms with Gasteiger partial charge in [0, 0.05) is 14.6 Å². The molecule has 0 amide bonds. The zero-order chi connectivity index (χ0) is 9.07. The molecule has 0 aliphatic carbocycles. The highest BCUT2D eigenvalue weighted by Gasteiger charge is 1.88. The summed E-state index contributed by atoms with van der Waals surface area (Å²) in [6, 6.07) is 0. The minimum atomic E-state index is 0. The second kappa shape index (κ2) is 10.8. The molecule has 0 aromatic heterocycles. The summed E-state index contributed by atoms with van der Waals surface area (Å²) in [5.41, 5.74) is 5.22. The zero-order valence-corrected chi connectivity index (χ0v) is 7.75. The highest BCUT2D eigenvalue weighted by Crippen LogP contribution is 1.79. The van der Waals surface area contributed by atoms with Gasteiger partial charge in [-0.3, -0.25) is 0 Å². The fourth-order valence-corrected chi connectivity index (χ4v) is 0.667. The van der Waals surface area contributed by atoms with Crippen LogP contribution in [-0.2, 0) is 14.2 Å². The number of nitrogens with two attached hydrogens (primary N) is 1. The molecule has 4 nitrogen and oxygen atoms in total. The van der Waals surface area contributed by atoms with Gasteiger partial charge in [-0.25, -0.2) is 0 Å².